The Balaban J connectivity index is 2.12. The summed E-state index contributed by atoms with van der Waals surface area (Å²) >= 11 is 9.23. The van der Waals surface area contributed by atoms with Gasteiger partial charge < -0.3 is 14.8 Å². The van der Waals surface area contributed by atoms with Crippen molar-refractivity contribution in [3.63, 3.8) is 0 Å². The molecule has 2 rings (SSSR count). The number of nitrogens with one attached hydrogen (secondary N) is 1. The summed E-state index contributed by atoms with van der Waals surface area (Å²) in [5.41, 5.74) is 0.551. The van der Waals surface area contributed by atoms with E-state index in [0.29, 0.717) is 20.9 Å². The summed E-state index contributed by atoms with van der Waals surface area (Å²) in [5, 5.41) is 3.20. The number of halogens is 2. The van der Waals surface area contributed by atoms with Gasteiger partial charge in [0.1, 0.15) is 5.75 Å². The second-order valence-corrected chi connectivity index (χ2v) is 5.23. The number of methoxy groups -OCH3 is 1. The fourth-order valence-electron chi connectivity index (χ4n) is 1.68. The number of carbonyl (C=O) groups excluding carboxylic acids is 2. The lowest BCUT2D eigenvalue weighted by molar-refractivity contribution is -0.141. The molecular formula is C12H11BrClNO4. The molecule has 1 aromatic carbocycles. The number of hydrogen-bond donors (Lipinski definition) is 1. The van der Waals surface area contributed by atoms with E-state index in [1.165, 1.54) is 7.11 Å². The molecule has 0 aromatic heterocycles. The average molecular weight is 349 g/mol. The van der Waals surface area contributed by atoms with Crippen molar-refractivity contribution < 1.29 is 19.1 Å². The van der Waals surface area contributed by atoms with E-state index in [1.807, 2.05) is 0 Å². The van der Waals surface area contributed by atoms with Crippen molar-refractivity contribution in [3.05, 3.63) is 21.6 Å². The number of rotatable bonds is 3. The SMILES string of the molecule is COC(=O)CCC1Oc2cc(Cl)c(Br)cc2NC1=O. The zero-order valence-corrected chi connectivity index (χ0v) is 12.4. The lowest BCUT2D eigenvalue weighted by atomic mass is 10.1. The molecule has 0 fully saturated rings. The van der Waals surface area contributed by atoms with Crippen LogP contribution < -0.4 is 10.1 Å². The zero-order valence-electron chi connectivity index (χ0n) is 10.0. The molecule has 19 heavy (non-hydrogen) atoms. The molecule has 0 aliphatic carbocycles. The first-order valence-corrected chi connectivity index (χ1v) is 6.71. The maximum absolute atomic E-state index is 11.8. The molecule has 1 aromatic rings. The average Bonchev–Trinajstić information content (AvgIpc) is 2.38. The largest absolute Gasteiger partial charge is 0.478 e. The minimum absolute atomic E-state index is 0.119. The van der Waals surface area contributed by atoms with Crippen LogP contribution >= 0.6 is 27.5 Å². The van der Waals surface area contributed by atoms with Crippen LogP contribution in [0.25, 0.3) is 0 Å². The van der Waals surface area contributed by atoms with Crippen LogP contribution in [-0.2, 0) is 14.3 Å². The molecule has 5 nitrogen and oxygen atoms in total. The van der Waals surface area contributed by atoms with Gasteiger partial charge in [-0.25, -0.2) is 0 Å². The Hall–Kier alpha value is -1.27. The molecule has 0 saturated carbocycles. The molecule has 1 amide bonds. The van der Waals surface area contributed by atoms with E-state index in [-0.39, 0.29) is 24.7 Å². The van der Waals surface area contributed by atoms with E-state index in [4.69, 9.17) is 16.3 Å². The summed E-state index contributed by atoms with van der Waals surface area (Å²) in [4.78, 5) is 22.9. The second kappa shape index (κ2) is 5.79. The van der Waals surface area contributed by atoms with Crippen LogP contribution in [0.5, 0.6) is 5.75 Å². The smallest absolute Gasteiger partial charge is 0.305 e. The number of hydrogen-bond acceptors (Lipinski definition) is 4. The van der Waals surface area contributed by atoms with Gasteiger partial charge in [0.15, 0.2) is 6.10 Å². The second-order valence-electron chi connectivity index (χ2n) is 3.97. The Kier molecular flexibility index (Phi) is 4.31. The van der Waals surface area contributed by atoms with E-state index >= 15 is 0 Å². The van der Waals surface area contributed by atoms with Crippen LogP contribution in [-0.4, -0.2) is 25.1 Å². The molecule has 1 aliphatic rings. The van der Waals surface area contributed by atoms with Crippen LogP contribution in [0, 0.1) is 0 Å². The fourth-order valence-corrected chi connectivity index (χ4v) is 2.18. The normalized spacial score (nSPS) is 17.2. The number of benzene rings is 1. The minimum atomic E-state index is -0.719. The standard InChI is InChI=1S/C12H11BrClNO4/c1-18-11(16)3-2-9-12(17)15-8-4-6(13)7(14)5-10(8)19-9/h4-5,9H,2-3H2,1H3,(H,15,17). The maximum atomic E-state index is 11.8. The summed E-state index contributed by atoms with van der Waals surface area (Å²) in [6.07, 6.45) is -0.344. The van der Waals surface area contributed by atoms with Crippen molar-refractivity contribution in [2.75, 3.05) is 12.4 Å². The number of anilines is 1. The van der Waals surface area contributed by atoms with Crippen LogP contribution in [0.15, 0.2) is 16.6 Å². The molecule has 1 heterocycles. The van der Waals surface area contributed by atoms with E-state index in [2.05, 4.69) is 26.0 Å². The van der Waals surface area contributed by atoms with E-state index in [1.54, 1.807) is 12.1 Å². The Labute approximate surface area is 123 Å². The highest BCUT2D eigenvalue weighted by Crippen LogP contribution is 2.37. The minimum Gasteiger partial charge on any atom is -0.478 e. The molecule has 1 atom stereocenters. The molecule has 7 heteroatoms. The van der Waals surface area contributed by atoms with Gasteiger partial charge >= 0.3 is 5.97 Å². The maximum Gasteiger partial charge on any atom is 0.305 e. The van der Waals surface area contributed by atoms with Crippen LogP contribution in [0.1, 0.15) is 12.8 Å². The van der Waals surface area contributed by atoms with Gasteiger partial charge in [-0.2, -0.15) is 0 Å². The van der Waals surface area contributed by atoms with Gasteiger partial charge in [0.05, 0.1) is 17.8 Å². The number of carbonyl (C=O) groups is 2. The van der Waals surface area contributed by atoms with E-state index in [0.717, 1.165) is 0 Å². The molecule has 1 unspecified atom stereocenters. The Morgan fingerprint density at radius 3 is 3.00 bits per heavy atom. The first kappa shape index (κ1) is 14.1. The van der Waals surface area contributed by atoms with Gasteiger partial charge in [-0.15, -0.1) is 0 Å². The molecule has 0 spiro atoms. The molecule has 102 valence electrons. The number of esters is 1. The van der Waals surface area contributed by atoms with Gasteiger partial charge in [-0.3, -0.25) is 9.59 Å². The summed E-state index contributed by atoms with van der Waals surface area (Å²) in [6, 6.07) is 3.29. The van der Waals surface area contributed by atoms with Crippen molar-refractivity contribution in [1.29, 1.82) is 0 Å². The van der Waals surface area contributed by atoms with Gasteiger partial charge in [0, 0.05) is 23.4 Å². The predicted octanol–water partition coefficient (Wildman–Crippen LogP) is 2.76. The quantitative estimate of drug-likeness (QED) is 0.853. The van der Waals surface area contributed by atoms with Gasteiger partial charge in [-0.05, 0) is 22.0 Å². The first-order valence-electron chi connectivity index (χ1n) is 5.54. The predicted molar refractivity (Wildman–Crippen MR) is 73.4 cm³/mol. The Morgan fingerprint density at radius 2 is 2.32 bits per heavy atom. The molecular weight excluding hydrogens is 337 g/mol. The molecule has 1 aliphatic heterocycles. The fraction of sp³-hybridized carbons (Fsp3) is 0.333. The summed E-state index contributed by atoms with van der Waals surface area (Å²) in [5.74, 6) is -0.177. The van der Waals surface area contributed by atoms with Gasteiger partial charge in [0.2, 0.25) is 0 Å². The van der Waals surface area contributed by atoms with E-state index in [9.17, 15) is 9.59 Å². The Bertz CT molecular complexity index is 535. The molecule has 0 saturated heterocycles. The van der Waals surface area contributed by atoms with Gasteiger partial charge in [0.25, 0.3) is 5.91 Å². The van der Waals surface area contributed by atoms with Crippen LogP contribution in [0.3, 0.4) is 0 Å². The van der Waals surface area contributed by atoms with Crippen molar-refractivity contribution in [2.45, 2.75) is 18.9 Å². The summed E-state index contributed by atoms with van der Waals surface area (Å²) in [6.45, 7) is 0. The van der Waals surface area contributed by atoms with Crippen molar-refractivity contribution in [2.24, 2.45) is 0 Å². The zero-order chi connectivity index (χ0) is 14.0. The third kappa shape index (κ3) is 3.19. The van der Waals surface area contributed by atoms with Gasteiger partial charge in [-0.1, -0.05) is 11.6 Å². The van der Waals surface area contributed by atoms with Crippen molar-refractivity contribution >= 4 is 45.1 Å². The van der Waals surface area contributed by atoms with Crippen LogP contribution in [0.2, 0.25) is 5.02 Å². The topological polar surface area (TPSA) is 64.6 Å². The highest BCUT2D eigenvalue weighted by molar-refractivity contribution is 9.10. The van der Waals surface area contributed by atoms with Crippen molar-refractivity contribution in [3.8, 4) is 5.75 Å². The number of fused-ring (bicyclic) bond motifs is 1. The highest BCUT2D eigenvalue weighted by atomic mass is 79.9. The lowest BCUT2D eigenvalue weighted by Crippen LogP contribution is -2.37. The first-order chi connectivity index (χ1) is 9.01. The number of ether oxygens (including phenoxy) is 2. The summed E-state index contributed by atoms with van der Waals surface area (Å²) in [7, 11) is 1.30. The summed E-state index contributed by atoms with van der Waals surface area (Å²) < 4.78 is 10.7. The highest BCUT2D eigenvalue weighted by Gasteiger charge is 2.28. The monoisotopic (exact) mass is 347 g/mol. The molecule has 1 N–H and O–H groups in total. The third-order valence-electron chi connectivity index (χ3n) is 2.68. The third-order valence-corrected chi connectivity index (χ3v) is 3.88. The Morgan fingerprint density at radius 1 is 1.58 bits per heavy atom. The molecule has 0 bridgehead atoms. The lowest BCUT2D eigenvalue weighted by Gasteiger charge is -2.26. The molecule has 0 radical (unpaired) electrons. The van der Waals surface area contributed by atoms with Crippen molar-refractivity contribution in [1.82, 2.24) is 0 Å². The number of amides is 1. The van der Waals surface area contributed by atoms with E-state index < -0.39 is 6.10 Å². The van der Waals surface area contributed by atoms with Crippen LogP contribution in [0.4, 0.5) is 5.69 Å².